The molecule has 428 valence electrons. The van der Waals surface area contributed by atoms with E-state index in [2.05, 4.69) is 125 Å². The van der Waals surface area contributed by atoms with Gasteiger partial charge < -0.3 is 35.4 Å². The largest absolute Gasteiger partial charge is 0.444 e. The van der Waals surface area contributed by atoms with E-state index >= 15 is 0 Å². The van der Waals surface area contributed by atoms with Crippen LogP contribution in [0.5, 0.6) is 0 Å². The molecule has 4 fully saturated rings. The monoisotopic (exact) mass is 1080 g/mol. The zero-order valence-electron chi connectivity index (χ0n) is 48.1. The van der Waals surface area contributed by atoms with Gasteiger partial charge in [-0.3, -0.25) is 19.2 Å². The first kappa shape index (κ1) is 60.6. The van der Waals surface area contributed by atoms with Gasteiger partial charge in [0.2, 0.25) is 23.6 Å². The number of amides is 5. The molecule has 5 amide bonds. The number of nitrogens with one attached hydrogen (secondary N) is 3. The molecule has 12 nitrogen and oxygen atoms in total. The molecular weight excluding hydrogens is 985 g/mol. The van der Waals surface area contributed by atoms with Crippen LogP contribution in [-0.2, 0) is 49.6 Å². The van der Waals surface area contributed by atoms with Crippen LogP contribution in [0.15, 0.2) is 121 Å². The van der Waals surface area contributed by atoms with Gasteiger partial charge in [0.05, 0.1) is 0 Å². The Hall–Kier alpha value is -6.01. The first-order chi connectivity index (χ1) is 38.4. The zero-order chi connectivity index (χ0) is 55.7. The van der Waals surface area contributed by atoms with Gasteiger partial charge in [0.1, 0.15) is 5.60 Å². The number of likely N-dealkylation sites (tertiary alicyclic amines) is 3. The molecule has 4 heterocycles. The number of nitrogens with zero attached hydrogens (tertiary/aromatic N) is 3. The summed E-state index contributed by atoms with van der Waals surface area (Å²) in [5, 5.41) is 10.2. The molecule has 0 unspecified atom stereocenters. The van der Waals surface area contributed by atoms with Crippen molar-refractivity contribution in [3.63, 3.8) is 0 Å². The van der Waals surface area contributed by atoms with Crippen LogP contribution < -0.4 is 16.0 Å². The fourth-order valence-corrected chi connectivity index (χ4v) is 11.9. The van der Waals surface area contributed by atoms with Crippen molar-refractivity contribution in [3.8, 4) is 0 Å². The predicted molar refractivity (Wildman–Crippen MR) is 316 cm³/mol. The lowest BCUT2D eigenvalue weighted by atomic mass is 9.91. The van der Waals surface area contributed by atoms with E-state index in [4.69, 9.17) is 4.74 Å². The highest BCUT2D eigenvalue weighted by atomic mass is 16.6. The summed E-state index contributed by atoms with van der Waals surface area (Å²) in [6.07, 6.45) is 18.2. The van der Waals surface area contributed by atoms with E-state index in [0.29, 0.717) is 70.9 Å². The standard InChI is InChI=1S/C36H51N3O4.C31H43N3O2/c1-36(2,3)43-35(42)39-26-22-31(23-27-39)34(41)38-24-20-30(21-25-38)33(40)37-32(18-10-16-28-12-6-4-7-13-28)19-11-17-29-14-8-5-9-15-29;35-30(27-19-23-34(24-20-27)31(36)28-17-21-32-22-18-28)33-29(15-7-13-25-9-3-1-4-10-25)16-8-14-26-11-5-2-6-12-26/h4-9,12-15,30-32H,10-11,16-27H2,1-3H3,(H,37,40);1-6,9-12,27-29,32H,7-8,13-24H2,(H,33,35). The number of piperidine rings is 4. The van der Waals surface area contributed by atoms with Crippen molar-refractivity contribution in [1.82, 2.24) is 30.7 Å². The summed E-state index contributed by atoms with van der Waals surface area (Å²) >= 11 is 0. The highest BCUT2D eigenvalue weighted by Gasteiger charge is 2.36. The Morgan fingerprint density at radius 1 is 0.443 bits per heavy atom. The van der Waals surface area contributed by atoms with Crippen molar-refractivity contribution >= 4 is 29.7 Å². The normalized spacial score (nSPS) is 17.0. The van der Waals surface area contributed by atoms with E-state index in [0.717, 1.165) is 116 Å². The summed E-state index contributed by atoms with van der Waals surface area (Å²) in [5.74, 6) is 0.863. The van der Waals surface area contributed by atoms with Crippen LogP contribution in [0, 0.1) is 23.7 Å². The summed E-state index contributed by atoms with van der Waals surface area (Å²) < 4.78 is 5.49. The first-order valence-electron chi connectivity index (χ1n) is 30.4. The Morgan fingerprint density at radius 3 is 1.05 bits per heavy atom. The number of hydrogen-bond donors (Lipinski definition) is 3. The third-order valence-corrected chi connectivity index (χ3v) is 16.7. The third-order valence-electron chi connectivity index (χ3n) is 16.7. The lowest BCUT2D eigenvalue weighted by Gasteiger charge is -2.37. The van der Waals surface area contributed by atoms with Gasteiger partial charge in [-0.1, -0.05) is 121 Å². The molecular formula is C67H94N6O6. The summed E-state index contributed by atoms with van der Waals surface area (Å²) in [6, 6.07) is 42.7. The molecule has 0 radical (unpaired) electrons. The van der Waals surface area contributed by atoms with E-state index in [-0.39, 0.29) is 59.6 Å². The second-order valence-corrected chi connectivity index (χ2v) is 23.9. The number of carbonyl (C=O) groups is 5. The molecule has 0 atom stereocenters. The average Bonchev–Trinajstić information content (AvgIpc) is 3.50. The number of hydrogen-bond acceptors (Lipinski definition) is 7. The number of rotatable bonds is 22. The van der Waals surface area contributed by atoms with Gasteiger partial charge in [0.25, 0.3) is 0 Å². The maximum Gasteiger partial charge on any atom is 0.410 e. The van der Waals surface area contributed by atoms with Gasteiger partial charge in [-0.15, -0.1) is 0 Å². The Labute approximate surface area is 473 Å². The molecule has 0 spiro atoms. The molecule has 8 rings (SSSR count). The quantitative estimate of drug-likeness (QED) is 0.0712. The zero-order valence-corrected chi connectivity index (χ0v) is 48.1. The van der Waals surface area contributed by atoms with Crippen LogP contribution in [0.25, 0.3) is 0 Å². The molecule has 0 aromatic heterocycles. The Kier molecular flexibility index (Phi) is 24.8. The Bertz CT molecular complexity index is 2310. The van der Waals surface area contributed by atoms with E-state index in [1.54, 1.807) is 4.90 Å². The van der Waals surface area contributed by atoms with Crippen molar-refractivity contribution < 1.29 is 28.7 Å². The number of aryl methyl sites for hydroxylation is 4. The number of benzene rings is 4. The van der Waals surface area contributed by atoms with Crippen molar-refractivity contribution in [2.75, 3.05) is 52.4 Å². The van der Waals surface area contributed by atoms with Gasteiger partial charge in [-0.25, -0.2) is 4.79 Å². The van der Waals surface area contributed by atoms with Gasteiger partial charge >= 0.3 is 6.09 Å². The molecule has 79 heavy (non-hydrogen) atoms. The Balaban J connectivity index is 0.000000232. The van der Waals surface area contributed by atoms with Crippen LogP contribution in [0.1, 0.15) is 146 Å². The lowest BCUT2D eigenvalue weighted by Crippen LogP contribution is -2.49. The lowest BCUT2D eigenvalue weighted by molar-refractivity contribution is -0.140. The highest BCUT2D eigenvalue weighted by molar-refractivity contribution is 5.82. The topological polar surface area (TPSA) is 140 Å². The maximum absolute atomic E-state index is 13.4. The summed E-state index contributed by atoms with van der Waals surface area (Å²) in [4.78, 5) is 70.8. The van der Waals surface area contributed by atoms with Crippen LogP contribution in [0.4, 0.5) is 4.79 Å². The van der Waals surface area contributed by atoms with Gasteiger partial charge in [-0.2, -0.15) is 0 Å². The molecule has 4 aromatic carbocycles. The predicted octanol–water partition coefficient (Wildman–Crippen LogP) is 11.2. The minimum atomic E-state index is -0.523. The molecule has 4 saturated heterocycles. The minimum Gasteiger partial charge on any atom is -0.444 e. The maximum atomic E-state index is 13.4. The number of ether oxygens (including phenoxy) is 1. The van der Waals surface area contributed by atoms with E-state index in [9.17, 15) is 24.0 Å². The summed E-state index contributed by atoms with van der Waals surface area (Å²) in [6.45, 7) is 11.2. The van der Waals surface area contributed by atoms with Gasteiger partial charge in [-0.05, 0) is 185 Å². The molecule has 3 N–H and O–H groups in total. The average molecular weight is 1080 g/mol. The molecule has 0 saturated carbocycles. The fourth-order valence-electron chi connectivity index (χ4n) is 11.9. The fraction of sp³-hybridized carbons (Fsp3) is 0.567. The van der Waals surface area contributed by atoms with Crippen LogP contribution >= 0.6 is 0 Å². The van der Waals surface area contributed by atoms with Crippen LogP contribution in [0.3, 0.4) is 0 Å². The van der Waals surface area contributed by atoms with Crippen molar-refractivity contribution in [3.05, 3.63) is 144 Å². The molecule has 0 bridgehead atoms. The van der Waals surface area contributed by atoms with E-state index < -0.39 is 5.60 Å². The Morgan fingerprint density at radius 2 is 0.734 bits per heavy atom. The van der Waals surface area contributed by atoms with E-state index in [1.165, 1.54) is 22.3 Å². The van der Waals surface area contributed by atoms with E-state index in [1.807, 2.05) is 42.7 Å². The van der Waals surface area contributed by atoms with Crippen LogP contribution in [-0.4, -0.2) is 114 Å². The van der Waals surface area contributed by atoms with Crippen LogP contribution in [0.2, 0.25) is 0 Å². The third kappa shape index (κ3) is 21.2. The summed E-state index contributed by atoms with van der Waals surface area (Å²) in [5.41, 5.74) is 4.87. The molecule has 4 aliphatic rings. The molecule has 4 aliphatic heterocycles. The van der Waals surface area contributed by atoms with Gasteiger partial charge in [0, 0.05) is 75.0 Å². The number of carbonyl (C=O) groups excluding carboxylic acids is 5. The minimum absolute atomic E-state index is 0.0211. The second-order valence-electron chi connectivity index (χ2n) is 23.9. The molecule has 4 aromatic rings. The smallest absolute Gasteiger partial charge is 0.410 e. The first-order valence-corrected chi connectivity index (χ1v) is 30.4. The van der Waals surface area contributed by atoms with Gasteiger partial charge in [0.15, 0.2) is 0 Å². The second kappa shape index (κ2) is 32.3. The summed E-state index contributed by atoms with van der Waals surface area (Å²) in [7, 11) is 0. The molecule has 12 heteroatoms. The van der Waals surface area contributed by atoms with Crippen molar-refractivity contribution in [1.29, 1.82) is 0 Å². The van der Waals surface area contributed by atoms with Crippen molar-refractivity contribution in [2.24, 2.45) is 23.7 Å². The SMILES string of the molecule is CC(C)(C)OC(=O)N1CCC(C(=O)N2CCC(C(=O)NC(CCCc3ccccc3)CCCc3ccccc3)CC2)CC1.O=C(NC(CCCc1ccccc1)CCCc1ccccc1)C1CCN(C(=O)C2CCNCC2)CC1. The highest BCUT2D eigenvalue weighted by Crippen LogP contribution is 2.27. The van der Waals surface area contributed by atoms with Crippen molar-refractivity contribution in [2.45, 2.75) is 167 Å². The molecule has 0 aliphatic carbocycles.